The van der Waals surface area contributed by atoms with Crippen LogP contribution in [0.3, 0.4) is 0 Å². The Morgan fingerprint density at radius 2 is 2.08 bits per heavy atom. The minimum atomic E-state index is -0.361. The van der Waals surface area contributed by atoms with Crippen molar-refractivity contribution in [1.29, 1.82) is 5.26 Å². The van der Waals surface area contributed by atoms with Gasteiger partial charge in [-0.1, -0.05) is 31.6 Å². The van der Waals surface area contributed by atoms with Gasteiger partial charge in [0.2, 0.25) is 0 Å². The van der Waals surface area contributed by atoms with Gasteiger partial charge in [0.05, 0.1) is 11.5 Å². The van der Waals surface area contributed by atoms with Gasteiger partial charge in [0.1, 0.15) is 0 Å². The highest BCUT2D eigenvalue weighted by Gasteiger charge is 2.29. The fourth-order valence-electron chi connectivity index (χ4n) is 1.42. The summed E-state index contributed by atoms with van der Waals surface area (Å²) in [5.74, 6) is 0.324. The van der Waals surface area contributed by atoms with Crippen LogP contribution in [0.2, 0.25) is 0 Å². The van der Waals surface area contributed by atoms with Crippen molar-refractivity contribution in [1.82, 2.24) is 0 Å². The number of hydrogen-bond donors (Lipinski definition) is 0. The molecule has 72 valence electrons. The Morgan fingerprint density at radius 1 is 1.54 bits per heavy atom. The van der Waals surface area contributed by atoms with Gasteiger partial charge >= 0.3 is 0 Å². The second-order valence-corrected chi connectivity index (χ2v) is 4.02. The quantitative estimate of drug-likeness (QED) is 0.601. The third-order valence-corrected chi connectivity index (χ3v) is 2.27. The van der Waals surface area contributed by atoms with Gasteiger partial charge in [0, 0.05) is 0 Å². The van der Waals surface area contributed by atoms with Gasteiger partial charge in [-0.3, -0.25) is 0 Å². The third kappa shape index (κ3) is 3.06. The normalized spacial score (nSPS) is 14.5. The summed E-state index contributed by atoms with van der Waals surface area (Å²) in [5.41, 5.74) is 0.831. The Labute approximate surface area is 81.8 Å². The molecule has 1 atom stereocenters. The van der Waals surface area contributed by atoms with Gasteiger partial charge in [-0.05, 0) is 26.2 Å². The van der Waals surface area contributed by atoms with Crippen LogP contribution in [0.5, 0.6) is 0 Å². The predicted molar refractivity (Wildman–Crippen MR) is 57.1 cm³/mol. The van der Waals surface area contributed by atoms with Crippen molar-refractivity contribution in [3.63, 3.8) is 0 Å². The van der Waals surface area contributed by atoms with Gasteiger partial charge < -0.3 is 0 Å². The van der Waals surface area contributed by atoms with Gasteiger partial charge in [0.15, 0.2) is 0 Å². The molecule has 0 fully saturated rings. The fourth-order valence-corrected chi connectivity index (χ4v) is 1.42. The molecule has 0 rings (SSSR count). The molecule has 0 radical (unpaired) electrons. The molecule has 1 nitrogen and oxygen atoms in total. The van der Waals surface area contributed by atoms with Crippen molar-refractivity contribution in [3.8, 4) is 6.07 Å². The van der Waals surface area contributed by atoms with Crippen LogP contribution in [0, 0.1) is 22.7 Å². The van der Waals surface area contributed by atoms with Crippen LogP contribution in [0.1, 0.15) is 34.1 Å². The monoisotopic (exact) mass is 177 g/mol. The summed E-state index contributed by atoms with van der Waals surface area (Å²) < 4.78 is 0. The van der Waals surface area contributed by atoms with Crippen molar-refractivity contribution in [2.45, 2.75) is 34.1 Å². The predicted octanol–water partition coefficient (Wildman–Crippen LogP) is 3.69. The lowest BCUT2D eigenvalue weighted by atomic mass is 9.75. The van der Waals surface area contributed by atoms with E-state index in [9.17, 15) is 5.26 Å². The summed E-state index contributed by atoms with van der Waals surface area (Å²) in [6.45, 7) is 11.9. The molecule has 1 unspecified atom stereocenters. The molecule has 0 aromatic carbocycles. The summed E-state index contributed by atoms with van der Waals surface area (Å²) in [6, 6.07) is 2.40. The summed E-state index contributed by atoms with van der Waals surface area (Å²) in [6.07, 6.45) is 4.61. The molecule has 0 aliphatic rings. The zero-order chi connectivity index (χ0) is 10.5. The van der Waals surface area contributed by atoms with Crippen molar-refractivity contribution < 1.29 is 0 Å². The molecule has 0 amide bonds. The molecule has 0 bridgehead atoms. The van der Waals surface area contributed by atoms with Gasteiger partial charge in [-0.25, -0.2) is 0 Å². The topological polar surface area (TPSA) is 23.8 Å². The first-order chi connectivity index (χ1) is 5.98. The maximum absolute atomic E-state index is 9.18. The first-order valence-corrected chi connectivity index (χ1v) is 4.66. The molecule has 0 saturated carbocycles. The van der Waals surface area contributed by atoms with Crippen LogP contribution >= 0.6 is 0 Å². The standard InChI is InChI=1S/C12H19N/c1-6-7-12(9-13,11(4)5)8-10(2)3/h6,8,11H,1,7H2,2-5H3. The van der Waals surface area contributed by atoms with Crippen LogP contribution < -0.4 is 0 Å². The zero-order valence-electron chi connectivity index (χ0n) is 9.09. The van der Waals surface area contributed by atoms with E-state index in [0.29, 0.717) is 5.92 Å². The van der Waals surface area contributed by atoms with E-state index in [1.54, 1.807) is 0 Å². The first-order valence-electron chi connectivity index (χ1n) is 4.66. The second-order valence-electron chi connectivity index (χ2n) is 4.02. The third-order valence-electron chi connectivity index (χ3n) is 2.27. The average Bonchev–Trinajstić information content (AvgIpc) is 2.02. The minimum absolute atomic E-state index is 0.324. The van der Waals surface area contributed by atoms with E-state index in [-0.39, 0.29) is 5.41 Å². The molecular formula is C12H19N. The van der Waals surface area contributed by atoms with E-state index in [4.69, 9.17) is 0 Å². The number of hydrogen-bond acceptors (Lipinski definition) is 1. The van der Waals surface area contributed by atoms with Crippen LogP contribution in [0.4, 0.5) is 0 Å². The first kappa shape index (κ1) is 12.0. The van der Waals surface area contributed by atoms with Crippen molar-refractivity contribution in [3.05, 3.63) is 24.3 Å². The molecule has 0 N–H and O–H groups in total. The van der Waals surface area contributed by atoms with Crippen molar-refractivity contribution in [2.75, 3.05) is 0 Å². The molecule has 1 heteroatoms. The van der Waals surface area contributed by atoms with Crippen LogP contribution in [0.25, 0.3) is 0 Å². The Balaban J connectivity index is 5.01. The van der Waals surface area contributed by atoms with Crippen LogP contribution in [0.15, 0.2) is 24.3 Å². The highest BCUT2D eigenvalue weighted by atomic mass is 14.4. The fraction of sp³-hybridized carbons (Fsp3) is 0.583. The largest absolute Gasteiger partial charge is 0.197 e. The van der Waals surface area contributed by atoms with Gasteiger partial charge in [-0.15, -0.1) is 6.58 Å². The lowest BCUT2D eigenvalue weighted by Gasteiger charge is -2.26. The van der Waals surface area contributed by atoms with E-state index in [1.165, 1.54) is 5.57 Å². The Bertz CT molecular complexity index is 238. The zero-order valence-corrected chi connectivity index (χ0v) is 9.09. The molecule has 0 spiro atoms. The minimum Gasteiger partial charge on any atom is -0.197 e. The van der Waals surface area contributed by atoms with E-state index >= 15 is 0 Å². The maximum Gasteiger partial charge on any atom is 0.0812 e. The second kappa shape index (κ2) is 4.87. The number of nitrogens with zero attached hydrogens (tertiary/aromatic N) is 1. The smallest absolute Gasteiger partial charge is 0.0812 e. The highest BCUT2D eigenvalue weighted by molar-refractivity contribution is 5.18. The molecule has 0 saturated heterocycles. The highest BCUT2D eigenvalue weighted by Crippen LogP contribution is 2.33. The molecular weight excluding hydrogens is 158 g/mol. The molecule has 0 aliphatic heterocycles. The van der Waals surface area contributed by atoms with Crippen LogP contribution in [-0.2, 0) is 0 Å². The Morgan fingerprint density at radius 3 is 2.31 bits per heavy atom. The molecule has 0 aromatic heterocycles. The van der Waals surface area contributed by atoms with E-state index in [2.05, 4.69) is 32.6 Å². The number of allylic oxidation sites excluding steroid dienone is 3. The average molecular weight is 177 g/mol. The summed E-state index contributed by atoms with van der Waals surface area (Å²) >= 11 is 0. The summed E-state index contributed by atoms with van der Waals surface area (Å²) in [4.78, 5) is 0. The van der Waals surface area contributed by atoms with Crippen LogP contribution in [-0.4, -0.2) is 0 Å². The Kier molecular flexibility index (Phi) is 4.48. The maximum atomic E-state index is 9.18. The number of nitriles is 1. The number of rotatable bonds is 4. The molecule has 0 heterocycles. The molecule has 0 aromatic rings. The lowest BCUT2D eigenvalue weighted by molar-refractivity contribution is 0.360. The summed E-state index contributed by atoms with van der Waals surface area (Å²) in [7, 11) is 0. The van der Waals surface area contributed by atoms with E-state index < -0.39 is 0 Å². The van der Waals surface area contributed by atoms with E-state index in [0.717, 1.165) is 6.42 Å². The van der Waals surface area contributed by atoms with Crippen molar-refractivity contribution >= 4 is 0 Å². The molecule has 13 heavy (non-hydrogen) atoms. The molecule has 0 aliphatic carbocycles. The van der Waals surface area contributed by atoms with Crippen molar-refractivity contribution in [2.24, 2.45) is 11.3 Å². The van der Waals surface area contributed by atoms with Gasteiger partial charge in [-0.2, -0.15) is 5.26 Å². The van der Waals surface area contributed by atoms with Gasteiger partial charge in [0.25, 0.3) is 0 Å². The SMILES string of the molecule is C=CCC(C#N)(C=C(C)C)C(C)C. The lowest BCUT2D eigenvalue weighted by Crippen LogP contribution is -2.22. The Hall–Kier alpha value is -1.03. The summed E-state index contributed by atoms with van der Waals surface area (Å²) in [5, 5.41) is 9.18. The van der Waals surface area contributed by atoms with E-state index in [1.807, 2.05) is 19.9 Å².